The van der Waals surface area contributed by atoms with Gasteiger partial charge in [-0.3, -0.25) is 4.79 Å². The number of ether oxygens (including phenoxy) is 1. The lowest BCUT2D eigenvalue weighted by atomic mass is 9.97. The number of carbonyl (C=O) groups is 1. The van der Waals surface area contributed by atoms with E-state index in [-0.39, 0.29) is 28.2 Å². The van der Waals surface area contributed by atoms with E-state index in [0.29, 0.717) is 11.3 Å². The topological polar surface area (TPSA) is 84.5 Å². The molecule has 0 bridgehead atoms. The maximum atomic E-state index is 13.2. The van der Waals surface area contributed by atoms with Crippen LogP contribution in [0.25, 0.3) is 0 Å². The highest BCUT2D eigenvalue weighted by Crippen LogP contribution is 2.29. The van der Waals surface area contributed by atoms with E-state index >= 15 is 0 Å². The molecule has 0 heterocycles. The number of sulfonamides is 1. The quantitative estimate of drug-likeness (QED) is 0.753. The van der Waals surface area contributed by atoms with E-state index in [9.17, 15) is 17.6 Å². The van der Waals surface area contributed by atoms with Gasteiger partial charge in [-0.1, -0.05) is 26.0 Å². The molecular weight excluding hydrogens is 371 g/mol. The molecule has 0 aliphatic rings. The molecule has 0 saturated heterocycles. The summed E-state index contributed by atoms with van der Waals surface area (Å²) in [6.07, 6.45) is 0. The standard InChI is InChI=1S/C19H23FN2O4S/c1-12(2)19(14-5-7-15(20)8-6-14)22-27(24,25)16-9-10-18(26-4)17(11-16)21-13(3)23/h5-12,19,22H,1-4H3,(H,21,23)/t19-/m1/s1. The van der Waals surface area contributed by atoms with Gasteiger partial charge >= 0.3 is 0 Å². The van der Waals surface area contributed by atoms with E-state index in [1.54, 1.807) is 12.1 Å². The highest BCUT2D eigenvalue weighted by Gasteiger charge is 2.25. The third kappa shape index (κ3) is 5.27. The van der Waals surface area contributed by atoms with E-state index in [1.807, 2.05) is 13.8 Å². The average Bonchev–Trinajstić information content (AvgIpc) is 2.60. The molecule has 0 aliphatic heterocycles. The maximum absolute atomic E-state index is 13.2. The Morgan fingerprint density at radius 3 is 2.26 bits per heavy atom. The van der Waals surface area contributed by atoms with Gasteiger partial charge in [0.1, 0.15) is 11.6 Å². The molecule has 1 amide bonds. The van der Waals surface area contributed by atoms with E-state index < -0.39 is 16.1 Å². The van der Waals surface area contributed by atoms with E-state index in [1.165, 1.54) is 44.4 Å². The normalized spacial score (nSPS) is 12.7. The summed E-state index contributed by atoms with van der Waals surface area (Å²) in [5, 5.41) is 2.55. The third-order valence-electron chi connectivity index (χ3n) is 3.97. The van der Waals surface area contributed by atoms with Gasteiger partial charge in [0.15, 0.2) is 0 Å². The number of methoxy groups -OCH3 is 1. The van der Waals surface area contributed by atoms with Crippen LogP contribution in [0, 0.1) is 11.7 Å². The molecule has 6 nitrogen and oxygen atoms in total. The fourth-order valence-corrected chi connectivity index (χ4v) is 4.03. The van der Waals surface area contributed by atoms with Crippen molar-refractivity contribution < 1.29 is 22.3 Å². The Morgan fingerprint density at radius 1 is 1.11 bits per heavy atom. The van der Waals surface area contributed by atoms with Crippen molar-refractivity contribution in [2.45, 2.75) is 31.7 Å². The zero-order valence-electron chi connectivity index (χ0n) is 15.6. The first kappa shape index (κ1) is 20.9. The Hall–Kier alpha value is -2.45. The number of anilines is 1. The molecule has 0 radical (unpaired) electrons. The number of amides is 1. The molecule has 146 valence electrons. The Bertz CT molecular complexity index is 912. The van der Waals surface area contributed by atoms with Crippen molar-refractivity contribution in [3.8, 4) is 5.75 Å². The molecule has 0 spiro atoms. The van der Waals surface area contributed by atoms with Crippen LogP contribution < -0.4 is 14.8 Å². The summed E-state index contributed by atoms with van der Waals surface area (Å²) in [6, 6.07) is 9.37. The predicted molar refractivity (Wildman–Crippen MR) is 102 cm³/mol. The minimum Gasteiger partial charge on any atom is -0.495 e. The van der Waals surface area contributed by atoms with Crippen LogP contribution in [-0.4, -0.2) is 21.4 Å². The molecule has 1 atom stereocenters. The van der Waals surface area contributed by atoms with Gasteiger partial charge in [-0.2, -0.15) is 0 Å². The lowest BCUT2D eigenvalue weighted by Crippen LogP contribution is -2.32. The van der Waals surface area contributed by atoms with Crippen molar-refractivity contribution >= 4 is 21.6 Å². The minimum absolute atomic E-state index is 0.0141. The van der Waals surface area contributed by atoms with Crippen molar-refractivity contribution in [1.29, 1.82) is 0 Å². The summed E-state index contributed by atoms with van der Waals surface area (Å²) in [5.41, 5.74) is 0.918. The molecule has 8 heteroatoms. The monoisotopic (exact) mass is 394 g/mol. The second kappa shape index (κ2) is 8.49. The van der Waals surface area contributed by atoms with Gasteiger partial charge in [-0.15, -0.1) is 0 Å². The lowest BCUT2D eigenvalue weighted by molar-refractivity contribution is -0.114. The van der Waals surface area contributed by atoms with Crippen molar-refractivity contribution in [1.82, 2.24) is 4.72 Å². The number of rotatable bonds is 7. The number of halogens is 1. The van der Waals surface area contributed by atoms with Crippen molar-refractivity contribution in [3.05, 3.63) is 53.8 Å². The van der Waals surface area contributed by atoms with Crippen molar-refractivity contribution in [2.24, 2.45) is 5.92 Å². The first-order valence-corrected chi connectivity index (χ1v) is 9.86. The van der Waals surface area contributed by atoms with Gasteiger partial charge in [0.2, 0.25) is 15.9 Å². The molecule has 0 unspecified atom stereocenters. The SMILES string of the molecule is COc1ccc(S(=O)(=O)N[C@@H](c2ccc(F)cc2)C(C)C)cc1NC(C)=O. The Kier molecular flexibility index (Phi) is 6.56. The summed E-state index contributed by atoms with van der Waals surface area (Å²) in [4.78, 5) is 11.3. The van der Waals surface area contributed by atoms with E-state index in [0.717, 1.165) is 0 Å². The molecule has 2 aromatic carbocycles. The molecule has 2 aromatic rings. The predicted octanol–water partition coefficient (Wildman–Crippen LogP) is 3.47. The van der Waals surface area contributed by atoms with Gasteiger partial charge in [0.25, 0.3) is 0 Å². The summed E-state index contributed by atoms with van der Waals surface area (Å²) >= 11 is 0. The number of carbonyl (C=O) groups excluding carboxylic acids is 1. The van der Waals surface area contributed by atoms with Crippen LogP contribution in [0.3, 0.4) is 0 Å². The average molecular weight is 394 g/mol. The van der Waals surface area contributed by atoms with Gasteiger partial charge in [0, 0.05) is 13.0 Å². The molecule has 0 saturated carbocycles. The van der Waals surface area contributed by atoms with Crippen LogP contribution in [-0.2, 0) is 14.8 Å². The van der Waals surface area contributed by atoms with Crippen LogP contribution in [0.2, 0.25) is 0 Å². The fourth-order valence-electron chi connectivity index (χ4n) is 2.64. The molecule has 2 rings (SSSR count). The first-order chi connectivity index (χ1) is 12.6. The summed E-state index contributed by atoms with van der Waals surface area (Å²) in [5.74, 6) is -0.456. The maximum Gasteiger partial charge on any atom is 0.241 e. The smallest absolute Gasteiger partial charge is 0.241 e. The van der Waals surface area contributed by atoms with Crippen LogP contribution in [0.15, 0.2) is 47.4 Å². The fraction of sp³-hybridized carbons (Fsp3) is 0.316. The molecule has 2 N–H and O–H groups in total. The number of hydrogen-bond acceptors (Lipinski definition) is 4. The number of nitrogens with one attached hydrogen (secondary N) is 2. The summed E-state index contributed by atoms with van der Waals surface area (Å²) < 4.78 is 46.8. The van der Waals surface area contributed by atoms with Crippen molar-refractivity contribution in [3.63, 3.8) is 0 Å². The second-order valence-electron chi connectivity index (χ2n) is 6.44. The first-order valence-electron chi connectivity index (χ1n) is 8.37. The minimum atomic E-state index is -3.90. The Labute approximate surface area is 158 Å². The molecule has 0 fully saturated rings. The highest BCUT2D eigenvalue weighted by molar-refractivity contribution is 7.89. The van der Waals surface area contributed by atoms with Crippen LogP contribution in [0.5, 0.6) is 5.75 Å². The van der Waals surface area contributed by atoms with Gasteiger partial charge in [-0.05, 0) is 41.8 Å². The lowest BCUT2D eigenvalue weighted by Gasteiger charge is -2.23. The number of hydrogen-bond donors (Lipinski definition) is 2. The third-order valence-corrected chi connectivity index (χ3v) is 5.41. The Balaban J connectivity index is 2.38. The van der Waals surface area contributed by atoms with Gasteiger partial charge < -0.3 is 10.1 Å². The van der Waals surface area contributed by atoms with Crippen LogP contribution in [0.4, 0.5) is 10.1 Å². The van der Waals surface area contributed by atoms with Crippen LogP contribution in [0.1, 0.15) is 32.4 Å². The molecule has 0 aliphatic carbocycles. The Morgan fingerprint density at radius 2 is 1.74 bits per heavy atom. The van der Waals surface area contributed by atoms with E-state index in [2.05, 4.69) is 10.0 Å². The molecule has 0 aromatic heterocycles. The summed E-state index contributed by atoms with van der Waals surface area (Å²) in [6.45, 7) is 5.06. The number of benzene rings is 2. The van der Waals surface area contributed by atoms with Crippen molar-refractivity contribution in [2.75, 3.05) is 12.4 Å². The molecule has 27 heavy (non-hydrogen) atoms. The van der Waals surface area contributed by atoms with Crippen LogP contribution >= 0.6 is 0 Å². The summed E-state index contributed by atoms with van der Waals surface area (Å²) in [7, 11) is -2.47. The zero-order valence-corrected chi connectivity index (χ0v) is 16.4. The zero-order chi connectivity index (χ0) is 20.2. The van der Waals surface area contributed by atoms with E-state index in [4.69, 9.17) is 4.74 Å². The largest absolute Gasteiger partial charge is 0.495 e. The highest BCUT2D eigenvalue weighted by atomic mass is 32.2. The van der Waals surface area contributed by atoms with Gasteiger partial charge in [0.05, 0.1) is 17.7 Å². The molecular formula is C19H23FN2O4S. The van der Waals surface area contributed by atoms with Gasteiger partial charge in [-0.25, -0.2) is 17.5 Å². The second-order valence-corrected chi connectivity index (χ2v) is 8.15.